The third kappa shape index (κ3) is 4.44. The zero-order chi connectivity index (χ0) is 18.8. The number of hydrogen-bond donors (Lipinski definition) is 1. The van der Waals surface area contributed by atoms with Crippen LogP contribution in [0.2, 0.25) is 0 Å². The average molecular weight is 380 g/mol. The molecule has 2 aromatic rings. The molecule has 3 nitrogen and oxygen atoms in total. The maximum Gasteiger partial charge on any atom is 0.251 e. The second kappa shape index (κ2) is 7.89. The van der Waals surface area contributed by atoms with Crippen molar-refractivity contribution in [2.24, 2.45) is 5.92 Å². The molecule has 1 aromatic carbocycles. The van der Waals surface area contributed by atoms with Gasteiger partial charge in [0, 0.05) is 39.8 Å². The number of allylic oxidation sites excluding steroid dienone is 1. The number of aryl methyl sites for hydroxylation is 1. The molecule has 2 saturated carbocycles. The van der Waals surface area contributed by atoms with Gasteiger partial charge in [-0.15, -0.1) is 11.8 Å². The topological polar surface area (TPSA) is 49.9 Å². The van der Waals surface area contributed by atoms with E-state index in [0.29, 0.717) is 18.6 Å². The summed E-state index contributed by atoms with van der Waals surface area (Å²) in [5, 5.41) is 0.785. The number of benzene rings is 1. The monoisotopic (exact) mass is 379 g/mol. The van der Waals surface area contributed by atoms with E-state index in [1.54, 1.807) is 0 Å². The number of carbonyl (C=O) groups excluding carboxylic acids is 1. The van der Waals surface area contributed by atoms with Gasteiger partial charge >= 0.3 is 0 Å². The minimum Gasteiger partial charge on any atom is -0.322 e. The number of H-pyrrole nitrogens is 1. The number of hydrogen-bond acceptors (Lipinski definition) is 3. The lowest BCUT2D eigenvalue weighted by atomic mass is 9.95. The van der Waals surface area contributed by atoms with Crippen LogP contribution >= 0.6 is 11.8 Å². The number of aromatic nitrogens is 1. The minimum atomic E-state index is -0.0238. The summed E-state index contributed by atoms with van der Waals surface area (Å²) >= 11 is 1.94. The predicted octanol–water partition coefficient (Wildman–Crippen LogP) is 4.99. The van der Waals surface area contributed by atoms with Gasteiger partial charge in [0.05, 0.1) is 0 Å². The molecule has 0 saturated heterocycles. The lowest BCUT2D eigenvalue weighted by Crippen LogP contribution is -2.13. The van der Waals surface area contributed by atoms with Crippen LogP contribution in [-0.2, 0) is 11.2 Å². The summed E-state index contributed by atoms with van der Waals surface area (Å²) < 4.78 is 0. The van der Waals surface area contributed by atoms with Gasteiger partial charge in [-0.25, -0.2) is 0 Å². The highest BCUT2D eigenvalue weighted by molar-refractivity contribution is 8.00. The van der Waals surface area contributed by atoms with Crippen molar-refractivity contribution in [2.45, 2.75) is 55.6 Å². The highest BCUT2D eigenvalue weighted by Crippen LogP contribution is 2.39. The maximum atomic E-state index is 12.3. The lowest BCUT2D eigenvalue weighted by Gasteiger charge is -2.13. The summed E-state index contributed by atoms with van der Waals surface area (Å²) in [4.78, 5) is 28.4. The molecule has 1 heterocycles. The first-order chi connectivity index (χ1) is 13.1. The molecule has 0 radical (unpaired) electrons. The van der Waals surface area contributed by atoms with Crippen LogP contribution in [0.5, 0.6) is 0 Å². The first kappa shape index (κ1) is 18.3. The predicted molar refractivity (Wildman–Crippen MR) is 111 cm³/mol. The third-order valence-corrected chi connectivity index (χ3v) is 6.69. The Morgan fingerprint density at radius 1 is 1.11 bits per heavy atom. The van der Waals surface area contributed by atoms with Crippen LogP contribution in [0.3, 0.4) is 0 Å². The summed E-state index contributed by atoms with van der Waals surface area (Å²) in [5.74, 6) is 0.587. The van der Waals surface area contributed by atoms with Gasteiger partial charge in [-0.2, -0.15) is 0 Å². The van der Waals surface area contributed by atoms with Gasteiger partial charge in [0.15, 0.2) is 0 Å². The number of ketones is 1. The van der Waals surface area contributed by atoms with Crippen LogP contribution < -0.4 is 5.56 Å². The lowest BCUT2D eigenvalue weighted by molar-refractivity contribution is -0.117. The van der Waals surface area contributed by atoms with Crippen molar-refractivity contribution >= 4 is 23.1 Å². The standard InChI is InChI=1S/C23H25NO2S/c1-2-16-6-12-22(24-23(16)26)21(14-15-3-7-18(25)13-15)17-4-8-19(9-5-17)27-20-10-11-20/h4-6,8-9,12,14-15,20H,2-3,7,10-11,13H2,1H3,(H,24,26)/b21-14-/t15-/m0/s1. The first-order valence-corrected chi connectivity index (χ1v) is 10.7. The average Bonchev–Trinajstić information content (AvgIpc) is 3.39. The molecule has 0 unspecified atom stereocenters. The Labute approximate surface area is 164 Å². The van der Waals surface area contributed by atoms with E-state index in [2.05, 4.69) is 35.3 Å². The number of pyridine rings is 1. The van der Waals surface area contributed by atoms with Gasteiger partial charge in [0.25, 0.3) is 5.56 Å². The summed E-state index contributed by atoms with van der Waals surface area (Å²) in [5.41, 5.74) is 3.72. The maximum absolute atomic E-state index is 12.3. The molecule has 4 heteroatoms. The Balaban J connectivity index is 1.69. The Kier molecular flexibility index (Phi) is 5.35. The number of rotatable bonds is 6. The van der Waals surface area contributed by atoms with Crippen molar-refractivity contribution in [1.82, 2.24) is 4.98 Å². The van der Waals surface area contributed by atoms with E-state index in [4.69, 9.17) is 0 Å². The second-order valence-corrected chi connectivity index (χ2v) is 8.92. The van der Waals surface area contributed by atoms with Crippen LogP contribution in [0.15, 0.2) is 52.2 Å². The van der Waals surface area contributed by atoms with Gasteiger partial charge in [0.1, 0.15) is 5.78 Å². The van der Waals surface area contributed by atoms with E-state index in [1.807, 2.05) is 30.8 Å². The molecule has 1 atom stereocenters. The number of nitrogens with one attached hydrogen (secondary N) is 1. The van der Waals surface area contributed by atoms with E-state index in [-0.39, 0.29) is 11.5 Å². The van der Waals surface area contributed by atoms with E-state index >= 15 is 0 Å². The largest absolute Gasteiger partial charge is 0.322 e. The molecule has 2 aliphatic carbocycles. The zero-order valence-electron chi connectivity index (χ0n) is 15.7. The van der Waals surface area contributed by atoms with Crippen LogP contribution in [0.1, 0.15) is 55.8 Å². The fourth-order valence-corrected chi connectivity index (χ4v) is 4.64. The first-order valence-electron chi connectivity index (χ1n) is 9.85. The molecule has 1 N–H and O–H groups in total. The van der Waals surface area contributed by atoms with Gasteiger partial charge in [-0.3, -0.25) is 9.59 Å². The number of Topliss-reactive ketones (excluding diaryl/α,β-unsaturated/α-hetero) is 1. The van der Waals surface area contributed by atoms with Crippen LogP contribution in [-0.4, -0.2) is 16.0 Å². The molecule has 4 rings (SSSR count). The van der Waals surface area contributed by atoms with Crippen molar-refractivity contribution in [3.8, 4) is 0 Å². The molecule has 2 fully saturated rings. The van der Waals surface area contributed by atoms with Crippen molar-refractivity contribution in [3.05, 3.63) is 69.6 Å². The molecule has 140 valence electrons. The number of carbonyl (C=O) groups is 1. The highest BCUT2D eigenvalue weighted by Gasteiger charge is 2.23. The molecule has 27 heavy (non-hydrogen) atoms. The fraction of sp³-hybridized carbons (Fsp3) is 0.391. The molecular weight excluding hydrogens is 354 g/mol. The van der Waals surface area contributed by atoms with E-state index in [9.17, 15) is 9.59 Å². The smallest absolute Gasteiger partial charge is 0.251 e. The van der Waals surface area contributed by atoms with Crippen molar-refractivity contribution in [1.29, 1.82) is 0 Å². The molecule has 0 spiro atoms. The number of aromatic amines is 1. The molecule has 0 amide bonds. The molecule has 2 aliphatic rings. The van der Waals surface area contributed by atoms with Crippen molar-refractivity contribution in [3.63, 3.8) is 0 Å². The summed E-state index contributed by atoms with van der Waals surface area (Å²) in [6.45, 7) is 1.99. The van der Waals surface area contributed by atoms with Gasteiger partial charge in [-0.1, -0.05) is 31.2 Å². The molecular formula is C23H25NO2S. The zero-order valence-corrected chi connectivity index (χ0v) is 16.5. The van der Waals surface area contributed by atoms with Crippen molar-refractivity contribution in [2.75, 3.05) is 0 Å². The third-order valence-electron chi connectivity index (χ3n) is 5.34. The Bertz CT molecular complexity index is 922. The number of thioether (sulfide) groups is 1. The molecule has 0 bridgehead atoms. The Hall–Kier alpha value is -2.07. The van der Waals surface area contributed by atoms with Gasteiger partial charge in [0.2, 0.25) is 0 Å². The summed E-state index contributed by atoms with van der Waals surface area (Å²) in [7, 11) is 0. The normalized spacial score (nSPS) is 20.3. The highest BCUT2D eigenvalue weighted by atomic mass is 32.2. The summed E-state index contributed by atoms with van der Waals surface area (Å²) in [6, 6.07) is 12.5. The van der Waals surface area contributed by atoms with E-state index in [1.165, 1.54) is 17.7 Å². The SMILES string of the molecule is CCc1ccc(/C(=C\[C@H]2CCC(=O)C2)c2ccc(SC3CC3)cc2)[nH]c1=O. The quantitative estimate of drug-likeness (QED) is 0.769. The van der Waals surface area contributed by atoms with Gasteiger partial charge in [-0.05, 0) is 55.4 Å². The van der Waals surface area contributed by atoms with Crippen LogP contribution in [0.25, 0.3) is 5.57 Å². The van der Waals surface area contributed by atoms with Crippen LogP contribution in [0.4, 0.5) is 0 Å². The van der Waals surface area contributed by atoms with E-state index in [0.717, 1.165) is 40.5 Å². The minimum absolute atomic E-state index is 0.0238. The Morgan fingerprint density at radius 2 is 1.89 bits per heavy atom. The fourth-order valence-electron chi connectivity index (χ4n) is 3.59. The summed E-state index contributed by atoms with van der Waals surface area (Å²) in [6.07, 6.45) is 7.71. The van der Waals surface area contributed by atoms with Crippen molar-refractivity contribution < 1.29 is 4.79 Å². The Morgan fingerprint density at radius 3 is 2.48 bits per heavy atom. The molecule has 0 aliphatic heterocycles. The molecule has 1 aromatic heterocycles. The van der Waals surface area contributed by atoms with Gasteiger partial charge < -0.3 is 4.98 Å². The second-order valence-electron chi connectivity index (χ2n) is 7.54. The van der Waals surface area contributed by atoms with Crippen LogP contribution in [0, 0.1) is 5.92 Å². The van der Waals surface area contributed by atoms with E-state index < -0.39 is 0 Å².